The first-order valence-electron chi connectivity index (χ1n) is 4.25. The second kappa shape index (κ2) is 2.73. The minimum Gasteiger partial charge on any atom is -0.328 e. The number of fused-ring (bicyclic) bond motifs is 1. The number of rotatable bonds is 1. The predicted molar refractivity (Wildman–Crippen MR) is 49.9 cm³/mol. The van der Waals surface area contributed by atoms with Crippen molar-refractivity contribution in [3.8, 4) is 0 Å². The Morgan fingerprint density at radius 2 is 2.31 bits per heavy atom. The molecule has 4 heteroatoms. The van der Waals surface area contributed by atoms with Crippen LogP contribution in [0.4, 0.5) is 0 Å². The zero-order chi connectivity index (χ0) is 9.42. The monoisotopic (exact) mass is 177 g/mol. The van der Waals surface area contributed by atoms with E-state index in [0.29, 0.717) is 11.7 Å². The fourth-order valence-corrected chi connectivity index (χ4v) is 1.25. The van der Waals surface area contributed by atoms with Crippen molar-refractivity contribution >= 4 is 5.78 Å². The second-order valence-corrected chi connectivity index (χ2v) is 3.34. The summed E-state index contributed by atoms with van der Waals surface area (Å²) in [6.07, 6.45) is 3.26. The van der Waals surface area contributed by atoms with E-state index in [9.17, 15) is 4.79 Å². The van der Waals surface area contributed by atoms with Crippen molar-refractivity contribution in [2.75, 3.05) is 0 Å². The molecule has 2 heterocycles. The molecule has 1 N–H and O–H groups in total. The van der Waals surface area contributed by atoms with Crippen molar-refractivity contribution in [3.05, 3.63) is 34.5 Å². The highest BCUT2D eigenvalue weighted by Crippen LogP contribution is 2.08. The zero-order valence-electron chi connectivity index (χ0n) is 7.61. The Labute approximate surface area is 75.2 Å². The minimum atomic E-state index is -0.0325. The molecule has 0 saturated heterocycles. The first-order valence-corrected chi connectivity index (χ1v) is 4.25. The summed E-state index contributed by atoms with van der Waals surface area (Å²) in [6, 6.07) is 1.61. The number of aromatic nitrogens is 3. The Morgan fingerprint density at radius 1 is 1.54 bits per heavy atom. The molecule has 2 rings (SSSR count). The molecule has 4 nitrogen and oxygen atoms in total. The lowest BCUT2D eigenvalue weighted by Crippen LogP contribution is -2.14. The summed E-state index contributed by atoms with van der Waals surface area (Å²) in [5.41, 5.74) is 0.888. The molecule has 0 aliphatic rings. The number of hydrogen-bond donors (Lipinski definition) is 1. The minimum absolute atomic E-state index is 0.0325. The van der Waals surface area contributed by atoms with E-state index < -0.39 is 0 Å². The zero-order valence-corrected chi connectivity index (χ0v) is 7.61. The molecule has 0 radical (unpaired) electrons. The van der Waals surface area contributed by atoms with Crippen LogP contribution in [0.2, 0.25) is 0 Å². The Morgan fingerprint density at radius 3 is 3.00 bits per heavy atom. The van der Waals surface area contributed by atoms with Gasteiger partial charge in [0.1, 0.15) is 0 Å². The van der Waals surface area contributed by atoms with Crippen LogP contribution in [-0.2, 0) is 0 Å². The van der Waals surface area contributed by atoms with Gasteiger partial charge in [0.25, 0.3) is 5.56 Å². The first kappa shape index (κ1) is 8.04. The van der Waals surface area contributed by atoms with E-state index in [1.807, 2.05) is 13.8 Å². The summed E-state index contributed by atoms with van der Waals surface area (Å²) in [6.45, 7) is 4.06. The van der Waals surface area contributed by atoms with Gasteiger partial charge in [0.2, 0.25) is 5.78 Å². The Kier molecular flexibility index (Phi) is 1.69. The van der Waals surface area contributed by atoms with E-state index >= 15 is 0 Å². The van der Waals surface area contributed by atoms with Crippen LogP contribution in [0, 0.1) is 0 Å². The number of H-pyrrole nitrogens is 1. The number of aromatic amines is 1. The van der Waals surface area contributed by atoms with Crippen LogP contribution in [0.25, 0.3) is 5.78 Å². The van der Waals surface area contributed by atoms with Crippen LogP contribution >= 0.6 is 0 Å². The average molecular weight is 177 g/mol. The normalized spacial score (nSPS) is 11.3. The van der Waals surface area contributed by atoms with Gasteiger partial charge in [-0.2, -0.15) is 0 Å². The SMILES string of the molecule is CC(C)c1cc(=O)n2ccnc2[nH]1. The molecule has 2 aromatic heterocycles. The summed E-state index contributed by atoms with van der Waals surface area (Å²) in [7, 11) is 0. The molecule has 0 fully saturated rings. The summed E-state index contributed by atoms with van der Waals surface area (Å²) < 4.78 is 1.49. The van der Waals surface area contributed by atoms with Crippen molar-refractivity contribution in [2.24, 2.45) is 0 Å². The van der Waals surface area contributed by atoms with Gasteiger partial charge in [0.15, 0.2) is 0 Å². The van der Waals surface area contributed by atoms with Gasteiger partial charge >= 0.3 is 0 Å². The molecule has 0 bridgehead atoms. The van der Waals surface area contributed by atoms with E-state index in [1.54, 1.807) is 18.5 Å². The average Bonchev–Trinajstić information content (AvgIpc) is 2.51. The Balaban J connectivity index is 2.77. The van der Waals surface area contributed by atoms with Gasteiger partial charge < -0.3 is 4.98 Å². The molecule has 0 aliphatic heterocycles. The fraction of sp³-hybridized carbons (Fsp3) is 0.333. The molecule has 0 spiro atoms. The Hall–Kier alpha value is -1.58. The quantitative estimate of drug-likeness (QED) is 0.710. The topological polar surface area (TPSA) is 50.2 Å². The van der Waals surface area contributed by atoms with Crippen molar-refractivity contribution in [3.63, 3.8) is 0 Å². The number of hydrogen-bond acceptors (Lipinski definition) is 2. The lowest BCUT2D eigenvalue weighted by Gasteiger charge is -2.04. The van der Waals surface area contributed by atoms with E-state index in [2.05, 4.69) is 9.97 Å². The molecular formula is C9H11N3O. The van der Waals surface area contributed by atoms with Gasteiger partial charge in [-0.15, -0.1) is 0 Å². The lowest BCUT2D eigenvalue weighted by molar-refractivity contribution is 0.811. The van der Waals surface area contributed by atoms with Crippen LogP contribution in [0.5, 0.6) is 0 Å². The number of nitrogens with one attached hydrogen (secondary N) is 1. The van der Waals surface area contributed by atoms with Crippen molar-refractivity contribution in [1.29, 1.82) is 0 Å². The van der Waals surface area contributed by atoms with Crippen LogP contribution in [0.1, 0.15) is 25.5 Å². The van der Waals surface area contributed by atoms with Gasteiger partial charge in [-0.1, -0.05) is 13.8 Å². The number of imidazole rings is 1. The number of nitrogens with zero attached hydrogens (tertiary/aromatic N) is 2. The summed E-state index contributed by atoms with van der Waals surface area (Å²) in [5.74, 6) is 0.922. The molecule has 2 aromatic rings. The van der Waals surface area contributed by atoms with Gasteiger partial charge in [0, 0.05) is 24.2 Å². The maximum absolute atomic E-state index is 11.5. The predicted octanol–water partition coefficient (Wildman–Crippen LogP) is 1.15. The van der Waals surface area contributed by atoms with Gasteiger partial charge in [-0.25, -0.2) is 4.98 Å². The Bertz CT molecular complexity index is 481. The van der Waals surface area contributed by atoms with Crippen LogP contribution in [-0.4, -0.2) is 14.4 Å². The standard InChI is InChI=1S/C9H11N3O/c1-6(2)7-5-8(13)12-4-3-10-9(12)11-7/h3-6H,1-2H3,(H,10,11). The third-order valence-electron chi connectivity index (χ3n) is 2.04. The molecule has 0 aliphatic carbocycles. The summed E-state index contributed by atoms with van der Waals surface area (Å²) in [5, 5.41) is 0. The first-order chi connectivity index (χ1) is 6.18. The van der Waals surface area contributed by atoms with E-state index in [-0.39, 0.29) is 5.56 Å². The van der Waals surface area contributed by atoms with Gasteiger partial charge in [-0.05, 0) is 5.92 Å². The van der Waals surface area contributed by atoms with E-state index in [1.165, 1.54) is 4.40 Å². The third kappa shape index (κ3) is 1.24. The van der Waals surface area contributed by atoms with E-state index in [4.69, 9.17) is 0 Å². The molecule has 0 amide bonds. The van der Waals surface area contributed by atoms with E-state index in [0.717, 1.165) is 5.69 Å². The molecule has 13 heavy (non-hydrogen) atoms. The molecule has 68 valence electrons. The van der Waals surface area contributed by atoms with Gasteiger partial charge in [0.05, 0.1) is 0 Å². The van der Waals surface area contributed by atoms with Crippen LogP contribution in [0.3, 0.4) is 0 Å². The van der Waals surface area contributed by atoms with Crippen molar-refractivity contribution in [2.45, 2.75) is 19.8 Å². The van der Waals surface area contributed by atoms with Crippen molar-refractivity contribution < 1.29 is 0 Å². The van der Waals surface area contributed by atoms with Crippen molar-refractivity contribution in [1.82, 2.24) is 14.4 Å². The van der Waals surface area contributed by atoms with Crippen LogP contribution in [0.15, 0.2) is 23.3 Å². The smallest absolute Gasteiger partial charge is 0.259 e. The lowest BCUT2D eigenvalue weighted by atomic mass is 10.1. The third-order valence-corrected chi connectivity index (χ3v) is 2.04. The molecule has 0 saturated carbocycles. The molecule has 0 aromatic carbocycles. The maximum atomic E-state index is 11.5. The molecule has 0 atom stereocenters. The maximum Gasteiger partial charge on any atom is 0.259 e. The van der Waals surface area contributed by atoms with Crippen LogP contribution < -0.4 is 5.56 Å². The van der Waals surface area contributed by atoms with Gasteiger partial charge in [-0.3, -0.25) is 9.20 Å². The highest BCUT2D eigenvalue weighted by molar-refractivity contribution is 5.29. The highest BCUT2D eigenvalue weighted by Gasteiger charge is 2.04. The largest absolute Gasteiger partial charge is 0.328 e. The second-order valence-electron chi connectivity index (χ2n) is 3.34. The fourth-order valence-electron chi connectivity index (χ4n) is 1.25. The molecule has 0 unspecified atom stereocenters. The summed E-state index contributed by atoms with van der Waals surface area (Å²) in [4.78, 5) is 18.6. The molecular weight excluding hydrogens is 166 g/mol. The highest BCUT2D eigenvalue weighted by atomic mass is 16.1. The summed E-state index contributed by atoms with van der Waals surface area (Å²) >= 11 is 0.